The van der Waals surface area contributed by atoms with Crippen LogP contribution in [0, 0.1) is 0 Å². The van der Waals surface area contributed by atoms with Crippen LogP contribution in [0.4, 0.5) is 0 Å². The standard InChI is InChI=1S/C4H7NO4.2H2O/c6-3(7)1-5-2-4(8)9;;/h5H,1-2H2,(H,6,7)(H,8,9);2*1H2. The van der Waals surface area contributed by atoms with Crippen molar-refractivity contribution in [2.45, 2.75) is 0 Å². The summed E-state index contributed by atoms with van der Waals surface area (Å²) in [6, 6.07) is 0. The van der Waals surface area contributed by atoms with Gasteiger partial charge in [-0.1, -0.05) is 0 Å². The largest absolute Gasteiger partial charge is 0.480 e. The Morgan fingerprint density at radius 1 is 1.00 bits per heavy atom. The summed E-state index contributed by atoms with van der Waals surface area (Å²) in [7, 11) is 0. The second-order valence-electron chi connectivity index (χ2n) is 1.39. The first-order chi connectivity index (χ1) is 4.13. The van der Waals surface area contributed by atoms with Crippen molar-refractivity contribution >= 4 is 11.9 Å². The maximum Gasteiger partial charge on any atom is 0.317 e. The van der Waals surface area contributed by atoms with Gasteiger partial charge in [0, 0.05) is 0 Å². The molecule has 7 N–H and O–H groups in total. The summed E-state index contributed by atoms with van der Waals surface area (Å²) in [5, 5.41) is 18.1. The van der Waals surface area contributed by atoms with E-state index in [4.69, 9.17) is 10.2 Å². The van der Waals surface area contributed by atoms with Gasteiger partial charge in [0.05, 0.1) is 13.1 Å². The zero-order valence-corrected chi connectivity index (χ0v) is 5.63. The number of nitrogens with one attached hydrogen (secondary N) is 1. The first-order valence-corrected chi connectivity index (χ1v) is 2.27. The highest BCUT2D eigenvalue weighted by molar-refractivity contribution is 5.72. The highest BCUT2D eigenvalue weighted by Crippen LogP contribution is 1.61. The number of hydrogen-bond donors (Lipinski definition) is 3. The highest BCUT2D eigenvalue weighted by atomic mass is 16.4. The van der Waals surface area contributed by atoms with Crippen molar-refractivity contribution in [2.75, 3.05) is 13.1 Å². The molecule has 0 heterocycles. The zero-order chi connectivity index (χ0) is 7.28. The zero-order valence-electron chi connectivity index (χ0n) is 5.63. The number of rotatable bonds is 4. The second kappa shape index (κ2) is 8.82. The Morgan fingerprint density at radius 2 is 1.27 bits per heavy atom. The maximum absolute atomic E-state index is 9.73. The van der Waals surface area contributed by atoms with Crippen LogP contribution in [0.2, 0.25) is 0 Å². The molecule has 0 spiro atoms. The summed E-state index contributed by atoms with van der Waals surface area (Å²) in [5.41, 5.74) is 0. The Morgan fingerprint density at radius 3 is 1.45 bits per heavy atom. The Kier molecular flexibility index (Phi) is 13.2. The monoisotopic (exact) mass is 169 g/mol. The Labute approximate surface area is 62.3 Å². The fourth-order valence-electron chi connectivity index (χ4n) is 0.276. The molecule has 0 aliphatic carbocycles. The molecule has 0 bridgehead atoms. The summed E-state index contributed by atoms with van der Waals surface area (Å²) < 4.78 is 0. The summed E-state index contributed by atoms with van der Waals surface area (Å²) >= 11 is 0. The van der Waals surface area contributed by atoms with Crippen LogP contribution in [0.25, 0.3) is 0 Å². The lowest BCUT2D eigenvalue weighted by Gasteiger charge is -1.93. The normalized spacial score (nSPS) is 7.27. The quantitative estimate of drug-likeness (QED) is 0.412. The smallest absolute Gasteiger partial charge is 0.317 e. The summed E-state index contributed by atoms with van der Waals surface area (Å²) in [4.78, 5) is 19.5. The van der Waals surface area contributed by atoms with E-state index in [2.05, 4.69) is 5.32 Å². The third-order valence-electron chi connectivity index (χ3n) is 0.552. The number of carboxylic acid groups (broad SMARTS) is 2. The molecule has 7 heteroatoms. The minimum atomic E-state index is -1.06. The van der Waals surface area contributed by atoms with Gasteiger partial charge < -0.3 is 21.2 Å². The predicted molar refractivity (Wildman–Crippen MR) is 35.4 cm³/mol. The summed E-state index contributed by atoms with van der Waals surface area (Å²) in [6.45, 7) is -0.626. The Balaban J connectivity index is -0.000000320. The van der Waals surface area contributed by atoms with E-state index in [0.29, 0.717) is 0 Å². The molecule has 7 nitrogen and oxygen atoms in total. The van der Waals surface area contributed by atoms with Gasteiger partial charge in [0.2, 0.25) is 0 Å². The van der Waals surface area contributed by atoms with Crippen LogP contribution in [0.1, 0.15) is 0 Å². The van der Waals surface area contributed by atoms with E-state index in [1.807, 2.05) is 0 Å². The molecule has 0 saturated carbocycles. The third-order valence-corrected chi connectivity index (χ3v) is 0.552. The fraction of sp³-hybridized carbons (Fsp3) is 0.500. The topological polar surface area (TPSA) is 150 Å². The van der Waals surface area contributed by atoms with Gasteiger partial charge in [-0.3, -0.25) is 14.9 Å². The van der Waals surface area contributed by atoms with Crippen molar-refractivity contribution in [2.24, 2.45) is 0 Å². The average molecular weight is 169 g/mol. The second-order valence-corrected chi connectivity index (χ2v) is 1.39. The van der Waals surface area contributed by atoms with E-state index in [1.54, 1.807) is 0 Å². The summed E-state index contributed by atoms with van der Waals surface area (Å²) in [5.74, 6) is -2.12. The number of carboxylic acids is 2. The molecule has 0 aliphatic rings. The van der Waals surface area contributed by atoms with Gasteiger partial charge in [0.25, 0.3) is 0 Å². The number of carbonyl (C=O) groups is 2. The van der Waals surface area contributed by atoms with Crippen molar-refractivity contribution < 1.29 is 30.8 Å². The maximum atomic E-state index is 9.73. The highest BCUT2D eigenvalue weighted by Gasteiger charge is 1.97. The van der Waals surface area contributed by atoms with Gasteiger partial charge in [0.1, 0.15) is 0 Å². The van der Waals surface area contributed by atoms with Crippen LogP contribution in [0.15, 0.2) is 0 Å². The van der Waals surface area contributed by atoms with Gasteiger partial charge in [0.15, 0.2) is 0 Å². The van der Waals surface area contributed by atoms with Crippen molar-refractivity contribution in [1.29, 1.82) is 0 Å². The minimum absolute atomic E-state index is 0. The molecule has 0 saturated heterocycles. The molecule has 0 aromatic carbocycles. The minimum Gasteiger partial charge on any atom is -0.480 e. The van der Waals surface area contributed by atoms with Gasteiger partial charge in [-0.2, -0.15) is 0 Å². The van der Waals surface area contributed by atoms with Crippen molar-refractivity contribution in [3.05, 3.63) is 0 Å². The molecule has 0 unspecified atom stereocenters. The van der Waals surface area contributed by atoms with Gasteiger partial charge in [-0.05, 0) is 0 Å². The molecule has 68 valence electrons. The molecule has 0 aliphatic heterocycles. The fourth-order valence-corrected chi connectivity index (χ4v) is 0.276. The van der Waals surface area contributed by atoms with E-state index in [1.165, 1.54) is 0 Å². The Bertz CT molecular complexity index is 110. The summed E-state index contributed by atoms with van der Waals surface area (Å²) in [6.07, 6.45) is 0. The van der Waals surface area contributed by atoms with Crippen LogP contribution in [-0.4, -0.2) is 46.2 Å². The molecule has 11 heavy (non-hydrogen) atoms. The molecule has 0 aromatic heterocycles. The lowest BCUT2D eigenvalue weighted by Crippen LogP contribution is -2.27. The van der Waals surface area contributed by atoms with Crippen molar-refractivity contribution in [3.63, 3.8) is 0 Å². The lowest BCUT2D eigenvalue weighted by atomic mass is 10.6. The molecule has 0 rings (SSSR count). The average Bonchev–Trinajstić information content (AvgIpc) is 1.63. The van der Waals surface area contributed by atoms with E-state index in [0.717, 1.165) is 0 Å². The number of hydrogen-bond acceptors (Lipinski definition) is 3. The predicted octanol–water partition coefficient (Wildman–Crippen LogP) is -2.90. The van der Waals surface area contributed by atoms with Crippen molar-refractivity contribution in [3.8, 4) is 0 Å². The third kappa shape index (κ3) is 17.7. The van der Waals surface area contributed by atoms with E-state index >= 15 is 0 Å². The van der Waals surface area contributed by atoms with Crippen LogP contribution < -0.4 is 5.32 Å². The van der Waals surface area contributed by atoms with Crippen LogP contribution in [0.5, 0.6) is 0 Å². The van der Waals surface area contributed by atoms with E-state index in [9.17, 15) is 9.59 Å². The first-order valence-electron chi connectivity index (χ1n) is 2.27. The van der Waals surface area contributed by atoms with Gasteiger partial charge >= 0.3 is 11.9 Å². The molecular weight excluding hydrogens is 158 g/mol. The molecule has 0 atom stereocenters. The van der Waals surface area contributed by atoms with Crippen molar-refractivity contribution in [1.82, 2.24) is 5.32 Å². The first kappa shape index (κ1) is 16.4. The van der Waals surface area contributed by atoms with Crippen LogP contribution in [-0.2, 0) is 9.59 Å². The Hall–Kier alpha value is -1.18. The van der Waals surface area contributed by atoms with E-state index in [-0.39, 0.29) is 24.0 Å². The van der Waals surface area contributed by atoms with Crippen LogP contribution >= 0.6 is 0 Å². The SMILES string of the molecule is O.O.O=C(O)CNCC(=O)O. The molecular formula is C4H11NO6. The lowest BCUT2D eigenvalue weighted by molar-refractivity contribution is -0.137. The molecule has 0 radical (unpaired) electrons. The van der Waals surface area contributed by atoms with Gasteiger partial charge in [-0.15, -0.1) is 0 Å². The molecule has 0 fully saturated rings. The number of aliphatic carboxylic acids is 2. The van der Waals surface area contributed by atoms with Crippen LogP contribution in [0.3, 0.4) is 0 Å². The van der Waals surface area contributed by atoms with E-state index < -0.39 is 11.9 Å². The molecule has 0 aromatic rings. The molecule has 0 amide bonds. The van der Waals surface area contributed by atoms with Gasteiger partial charge in [-0.25, -0.2) is 0 Å².